The van der Waals surface area contributed by atoms with Crippen LogP contribution in [0.3, 0.4) is 0 Å². The predicted octanol–water partition coefficient (Wildman–Crippen LogP) is 4.39. The quantitative estimate of drug-likeness (QED) is 0.448. The maximum absolute atomic E-state index is 11.9. The first kappa shape index (κ1) is 23.5. The van der Waals surface area contributed by atoms with Crippen molar-refractivity contribution in [1.29, 1.82) is 0 Å². The third-order valence-corrected chi connectivity index (χ3v) is 6.81. The van der Waals surface area contributed by atoms with E-state index in [9.17, 15) is 13.2 Å². The Kier molecular flexibility index (Phi) is 8.37. The third kappa shape index (κ3) is 6.63. The van der Waals surface area contributed by atoms with E-state index in [2.05, 4.69) is 11.6 Å². The standard InChI is InChI=1S/C22H29ClN2O3S/c1-5-6-11-24-17(3)22(18-9-12-25(13-10-18)29(4,27)28)21-8-7-20(23)15-19(21)14-16(2)26/h5-8,11,15,18,22H,1,9-10,12-14H2,2-4H3/b11-6-,24-17?. The summed E-state index contributed by atoms with van der Waals surface area (Å²) in [4.78, 5) is 16.4. The van der Waals surface area contributed by atoms with Crippen molar-refractivity contribution < 1.29 is 13.2 Å². The molecule has 0 aliphatic carbocycles. The Bertz CT molecular complexity index is 914. The van der Waals surface area contributed by atoms with Crippen LogP contribution in [0.1, 0.15) is 43.7 Å². The number of hydrogen-bond acceptors (Lipinski definition) is 4. The summed E-state index contributed by atoms with van der Waals surface area (Å²) in [5.74, 6) is 0.277. The molecule has 29 heavy (non-hydrogen) atoms. The number of Topliss-reactive ketones (excluding diaryl/α,β-unsaturated/α-hetero) is 1. The molecule has 1 fully saturated rings. The average Bonchev–Trinajstić information content (AvgIpc) is 2.63. The van der Waals surface area contributed by atoms with Crippen molar-refractivity contribution in [2.75, 3.05) is 19.3 Å². The van der Waals surface area contributed by atoms with Gasteiger partial charge in [0, 0.05) is 42.4 Å². The SMILES string of the molecule is C=C/C=C\N=C(C)C(c1ccc(Cl)cc1CC(C)=O)C1CCN(S(C)(=O)=O)CC1. The van der Waals surface area contributed by atoms with Crippen molar-refractivity contribution in [3.05, 3.63) is 59.3 Å². The van der Waals surface area contributed by atoms with Crippen LogP contribution in [0.4, 0.5) is 0 Å². The second-order valence-electron chi connectivity index (χ2n) is 7.55. The molecule has 0 saturated carbocycles. The fourth-order valence-electron chi connectivity index (χ4n) is 3.96. The number of piperidine rings is 1. The summed E-state index contributed by atoms with van der Waals surface area (Å²) in [6.45, 7) is 8.20. The molecule has 0 bridgehead atoms. The molecule has 0 amide bonds. The van der Waals surface area contributed by atoms with E-state index >= 15 is 0 Å². The van der Waals surface area contributed by atoms with Crippen LogP contribution in [0.2, 0.25) is 5.02 Å². The summed E-state index contributed by atoms with van der Waals surface area (Å²) < 4.78 is 25.3. The lowest BCUT2D eigenvalue weighted by Crippen LogP contribution is -2.40. The van der Waals surface area contributed by atoms with E-state index in [1.54, 1.807) is 25.3 Å². The molecular weight excluding hydrogens is 408 g/mol. The number of aliphatic imine (C=N–C) groups is 1. The molecule has 0 N–H and O–H groups in total. The van der Waals surface area contributed by atoms with Crippen molar-refractivity contribution in [1.82, 2.24) is 4.31 Å². The Morgan fingerprint density at radius 3 is 2.55 bits per heavy atom. The Morgan fingerprint density at radius 1 is 1.34 bits per heavy atom. The van der Waals surface area contributed by atoms with E-state index in [-0.39, 0.29) is 17.6 Å². The van der Waals surface area contributed by atoms with E-state index in [1.807, 2.05) is 25.1 Å². The second-order valence-corrected chi connectivity index (χ2v) is 9.97. The van der Waals surface area contributed by atoms with Gasteiger partial charge in [-0.05, 0) is 61.9 Å². The maximum atomic E-state index is 11.9. The fraction of sp³-hybridized carbons (Fsp3) is 0.455. The summed E-state index contributed by atoms with van der Waals surface area (Å²) in [5.41, 5.74) is 2.87. The highest BCUT2D eigenvalue weighted by atomic mass is 35.5. The van der Waals surface area contributed by atoms with Gasteiger partial charge in [-0.15, -0.1) is 0 Å². The van der Waals surface area contributed by atoms with Gasteiger partial charge in [0.2, 0.25) is 10.0 Å². The number of ketones is 1. The van der Waals surface area contributed by atoms with Crippen molar-refractivity contribution in [2.45, 2.75) is 39.0 Å². The van der Waals surface area contributed by atoms with Gasteiger partial charge in [-0.1, -0.05) is 30.3 Å². The molecule has 1 atom stereocenters. The molecule has 1 aromatic carbocycles. The highest BCUT2D eigenvalue weighted by molar-refractivity contribution is 7.88. The minimum absolute atomic E-state index is 0.0159. The lowest BCUT2D eigenvalue weighted by atomic mass is 9.76. The number of nitrogens with zero attached hydrogens (tertiary/aromatic N) is 2. The van der Waals surface area contributed by atoms with Gasteiger partial charge in [0.25, 0.3) is 0 Å². The first-order valence-corrected chi connectivity index (χ1v) is 11.9. The molecule has 0 radical (unpaired) electrons. The molecule has 1 aliphatic rings. The normalized spacial score (nSPS) is 18.1. The Labute approximate surface area is 179 Å². The van der Waals surface area contributed by atoms with Gasteiger partial charge in [-0.3, -0.25) is 9.79 Å². The molecule has 1 saturated heterocycles. The van der Waals surface area contributed by atoms with Gasteiger partial charge in [-0.25, -0.2) is 12.7 Å². The van der Waals surface area contributed by atoms with E-state index < -0.39 is 10.0 Å². The minimum atomic E-state index is -3.19. The molecule has 0 spiro atoms. The number of carbonyl (C=O) groups is 1. The van der Waals surface area contributed by atoms with E-state index in [1.165, 1.54) is 10.6 Å². The number of halogens is 1. The number of rotatable bonds is 8. The van der Waals surface area contributed by atoms with Crippen molar-refractivity contribution in [3.63, 3.8) is 0 Å². The Hall–Kier alpha value is -1.76. The highest BCUT2D eigenvalue weighted by Gasteiger charge is 2.33. The number of allylic oxidation sites excluding steroid dienone is 2. The molecule has 1 aliphatic heterocycles. The van der Waals surface area contributed by atoms with Crippen LogP contribution in [0.25, 0.3) is 0 Å². The van der Waals surface area contributed by atoms with Crippen LogP contribution in [0.15, 0.2) is 48.1 Å². The molecule has 5 nitrogen and oxygen atoms in total. The van der Waals surface area contributed by atoms with Crippen molar-refractivity contribution >= 4 is 33.1 Å². The Morgan fingerprint density at radius 2 is 2.00 bits per heavy atom. The van der Waals surface area contributed by atoms with Crippen molar-refractivity contribution in [3.8, 4) is 0 Å². The molecule has 1 aromatic rings. The summed E-state index contributed by atoms with van der Waals surface area (Å²) >= 11 is 6.20. The molecule has 0 aromatic heterocycles. The van der Waals surface area contributed by atoms with E-state index in [0.717, 1.165) is 29.7 Å². The van der Waals surface area contributed by atoms with Crippen LogP contribution < -0.4 is 0 Å². The number of hydrogen-bond donors (Lipinski definition) is 0. The minimum Gasteiger partial charge on any atom is -0.300 e. The topological polar surface area (TPSA) is 66.8 Å². The van der Waals surface area contributed by atoms with E-state index in [0.29, 0.717) is 24.5 Å². The molecule has 2 rings (SSSR count). The number of sulfonamides is 1. The maximum Gasteiger partial charge on any atom is 0.211 e. The number of carbonyl (C=O) groups excluding carboxylic acids is 1. The van der Waals surface area contributed by atoms with Crippen LogP contribution in [-0.4, -0.2) is 43.6 Å². The van der Waals surface area contributed by atoms with Crippen LogP contribution in [-0.2, 0) is 21.2 Å². The zero-order chi connectivity index (χ0) is 21.6. The van der Waals surface area contributed by atoms with Crippen LogP contribution in [0.5, 0.6) is 0 Å². The van der Waals surface area contributed by atoms with Gasteiger partial charge >= 0.3 is 0 Å². The predicted molar refractivity (Wildman–Crippen MR) is 120 cm³/mol. The smallest absolute Gasteiger partial charge is 0.211 e. The molecule has 1 unspecified atom stereocenters. The number of benzene rings is 1. The highest BCUT2D eigenvalue weighted by Crippen LogP contribution is 2.37. The summed E-state index contributed by atoms with van der Waals surface area (Å²) in [5, 5.41) is 0.594. The lowest BCUT2D eigenvalue weighted by molar-refractivity contribution is -0.116. The summed E-state index contributed by atoms with van der Waals surface area (Å²) in [6.07, 6.45) is 8.18. The summed E-state index contributed by atoms with van der Waals surface area (Å²) in [7, 11) is -3.19. The first-order valence-electron chi connectivity index (χ1n) is 9.68. The second kappa shape index (κ2) is 10.3. The zero-order valence-electron chi connectivity index (χ0n) is 17.3. The van der Waals surface area contributed by atoms with Gasteiger partial charge in [0.1, 0.15) is 5.78 Å². The third-order valence-electron chi connectivity index (χ3n) is 5.27. The molecule has 1 heterocycles. The zero-order valence-corrected chi connectivity index (χ0v) is 18.8. The van der Waals surface area contributed by atoms with Gasteiger partial charge in [0.15, 0.2) is 0 Å². The van der Waals surface area contributed by atoms with Crippen molar-refractivity contribution in [2.24, 2.45) is 10.9 Å². The average molecular weight is 437 g/mol. The first-order chi connectivity index (χ1) is 13.6. The van der Waals surface area contributed by atoms with E-state index in [4.69, 9.17) is 11.6 Å². The molecule has 7 heteroatoms. The van der Waals surface area contributed by atoms with Crippen LogP contribution in [0, 0.1) is 5.92 Å². The van der Waals surface area contributed by atoms with Gasteiger partial charge < -0.3 is 0 Å². The fourth-order valence-corrected chi connectivity index (χ4v) is 5.03. The Balaban J connectivity index is 2.44. The van der Waals surface area contributed by atoms with Gasteiger partial charge in [0.05, 0.1) is 6.26 Å². The lowest BCUT2D eigenvalue weighted by Gasteiger charge is -2.36. The summed E-state index contributed by atoms with van der Waals surface area (Å²) in [6, 6.07) is 5.67. The molecule has 158 valence electrons. The monoisotopic (exact) mass is 436 g/mol. The largest absolute Gasteiger partial charge is 0.300 e. The molecular formula is C22H29ClN2O3S. The van der Waals surface area contributed by atoms with Gasteiger partial charge in [-0.2, -0.15) is 0 Å². The van der Waals surface area contributed by atoms with Crippen LogP contribution >= 0.6 is 11.6 Å².